The summed E-state index contributed by atoms with van der Waals surface area (Å²) in [5.41, 5.74) is 0.696. The Balaban J connectivity index is 1.72. The second-order valence-electron chi connectivity index (χ2n) is 6.07. The zero-order valence-corrected chi connectivity index (χ0v) is 10.7. The summed E-state index contributed by atoms with van der Waals surface area (Å²) in [6, 6.07) is 6.98. The van der Waals surface area contributed by atoms with Crippen LogP contribution in [0.3, 0.4) is 0 Å². The highest BCUT2D eigenvalue weighted by atomic mass is 19.1. The Morgan fingerprint density at radius 1 is 1.17 bits per heavy atom. The normalized spacial score (nSPS) is 30.8. The summed E-state index contributed by atoms with van der Waals surface area (Å²) in [6.07, 6.45) is 7.48. The van der Waals surface area contributed by atoms with Crippen LogP contribution in [-0.2, 0) is 0 Å². The third kappa shape index (κ3) is 2.18. The molecule has 0 radical (unpaired) electrons. The lowest BCUT2D eigenvalue weighted by molar-refractivity contribution is -0.0102. The fraction of sp³-hybridized carbons (Fsp3) is 0.625. The topological polar surface area (TPSA) is 20.2 Å². The van der Waals surface area contributed by atoms with Crippen LogP contribution in [0.2, 0.25) is 0 Å². The molecule has 1 N–H and O–H groups in total. The molecule has 0 unspecified atom stereocenters. The van der Waals surface area contributed by atoms with Gasteiger partial charge in [0.25, 0.3) is 0 Å². The molecule has 0 aliphatic heterocycles. The maximum atomic E-state index is 13.2. The number of hydrogen-bond acceptors (Lipinski definition) is 1. The SMILES string of the molecule is OC1([C@H]2CC[C@@H](c3cccc(F)c3)C2)CCCC1. The van der Waals surface area contributed by atoms with Gasteiger partial charge in [0.1, 0.15) is 5.82 Å². The Hall–Kier alpha value is -0.890. The maximum Gasteiger partial charge on any atom is 0.123 e. The predicted molar refractivity (Wildman–Crippen MR) is 69.9 cm³/mol. The average Bonchev–Trinajstić information content (AvgIpc) is 2.98. The summed E-state index contributed by atoms with van der Waals surface area (Å²) in [5.74, 6) is 0.721. The monoisotopic (exact) mass is 248 g/mol. The number of hydrogen-bond donors (Lipinski definition) is 1. The Morgan fingerprint density at radius 2 is 1.94 bits per heavy atom. The minimum absolute atomic E-state index is 0.143. The van der Waals surface area contributed by atoms with Gasteiger partial charge in [0, 0.05) is 0 Å². The van der Waals surface area contributed by atoms with Gasteiger partial charge in [-0.05, 0) is 61.6 Å². The largest absolute Gasteiger partial charge is 0.390 e. The number of rotatable bonds is 2. The van der Waals surface area contributed by atoms with Crippen molar-refractivity contribution in [3.63, 3.8) is 0 Å². The lowest BCUT2D eigenvalue weighted by atomic mass is 9.83. The molecule has 1 aromatic carbocycles. The zero-order valence-electron chi connectivity index (χ0n) is 10.7. The fourth-order valence-electron chi connectivity index (χ4n) is 3.93. The van der Waals surface area contributed by atoms with Gasteiger partial charge in [0.2, 0.25) is 0 Å². The molecule has 1 aromatic rings. The molecule has 2 saturated carbocycles. The van der Waals surface area contributed by atoms with Gasteiger partial charge < -0.3 is 5.11 Å². The average molecular weight is 248 g/mol. The van der Waals surface area contributed by atoms with Crippen molar-refractivity contribution in [1.29, 1.82) is 0 Å². The van der Waals surface area contributed by atoms with Crippen molar-refractivity contribution in [2.45, 2.75) is 56.5 Å². The molecule has 98 valence electrons. The van der Waals surface area contributed by atoms with Crippen molar-refractivity contribution < 1.29 is 9.50 Å². The fourth-order valence-corrected chi connectivity index (χ4v) is 3.93. The van der Waals surface area contributed by atoms with Crippen LogP contribution in [0.1, 0.15) is 56.4 Å². The Kier molecular flexibility index (Phi) is 3.14. The molecule has 0 aromatic heterocycles. The molecule has 0 bridgehead atoms. The van der Waals surface area contributed by atoms with E-state index in [2.05, 4.69) is 0 Å². The molecule has 18 heavy (non-hydrogen) atoms. The van der Waals surface area contributed by atoms with E-state index in [0.29, 0.717) is 11.8 Å². The van der Waals surface area contributed by atoms with Gasteiger partial charge in [0.15, 0.2) is 0 Å². The smallest absolute Gasteiger partial charge is 0.123 e. The number of benzene rings is 1. The molecule has 2 atom stereocenters. The molecule has 0 amide bonds. The molecular weight excluding hydrogens is 227 g/mol. The summed E-state index contributed by atoms with van der Waals surface area (Å²) >= 11 is 0. The molecule has 1 nitrogen and oxygen atoms in total. The number of halogens is 1. The van der Waals surface area contributed by atoms with Crippen LogP contribution >= 0.6 is 0 Å². The van der Waals surface area contributed by atoms with Crippen LogP contribution < -0.4 is 0 Å². The molecule has 3 rings (SSSR count). The third-order valence-corrected chi connectivity index (χ3v) is 4.98. The molecule has 2 heteroatoms. The van der Waals surface area contributed by atoms with Crippen LogP contribution in [0.15, 0.2) is 24.3 Å². The Labute approximate surface area is 108 Å². The molecule has 2 fully saturated rings. The van der Waals surface area contributed by atoms with Gasteiger partial charge in [-0.3, -0.25) is 0 Å². The standard InChI is InChI=1S/C16H21FO/c17-15-5-3-4-12(11-15)13-6-7-14(10-13)16(18)8-1-2-9-16/h3-5,11,13-14,18H,1-2,6-10H2/t13-,14+/m1/s1. The Bertz CT molecular complexity index is 423. The van der Waals surface area contributed by atoms with E-state index in [1.165, 1.54) is 6.07 Å². The Morgan fingerprint density at radius 3 is 2.67 bits per heavy atom. The maximum absolute atomic E-state index is 13.2. The van der Waals surface area contributed by atoms with E-state index in [9.17, 15) is 9.50 Å². The number of aliphatic hydroxyl groups is 1. The van der Waals surface area contributed by atoms with Crippen molar-refractivity contribution >= 4 is 0 Å². The minimum Gasteiger partial charge on any atom is -0.390 e. The predicted octanol–water partition coefficient (Wildman–Crippen LogP) is 4.01. The first-order valence-electron chi connectivity index (χ1n) is 7.15. The minimum atomic E-state index is -0.415. The quantitative estimate of drug-likeness (QED) is 0.838. The van der Waals surface area contributed by atoms with E-state index in [1.54, 1.807) is 12.1 Å². The van der Waals surface area contributed by atoms with Crippen LogP contribution in [-0.4, -0.2) is 10.7 Å². The lowest BCUT2D eigenvalue weighted by Crippen LogP contribution is -2.33. The van der Waals surface area contributed by atoms with Crippen LogP contribution in [0.4, 0.5) is 4.39 Å². The van der Waals surface area contributed by atoms with E-state index in [-0.39, 0.29) is 5.82 Å². The summed E-state index contributed by atoms with van der Waals surface area (Å²) < 4.78 is 13.2. The van der Waals surface area contributed by atoms with E-state index >= 15 is 0 Å². The molecule has 0 heterocycles. The summed E-state index contributed by atoms with van der Waals surface area (Å²) in [7, 11) is 0. The third-order valence-electron chi connectivity index (χ3n) is 4.98. The molecule has 0 spiro atoms. The molecule has 0 saturated heterocycles. The summed E-state index contributed by atoms with van der Waals surface area (Å²) in [5, 5.41) is 10.6. The highest BCUT2D eigenvalue weighted by molar-refractivity contribution is 5.22. The molecule has 2 aliphatic carbocycles. The van der Waals surface area contributed by atoms with Crippen molar-refractivity contribution in [2.75, 3.05) is 0 Å². The van der Waals surface area contributed by atoms with Crippen molar-refractivity contribution in [3.8, 4) is 0 Å². The van der Waals surface area contributed by atoms with Gasteiger partial charge in [0.05, 0.1) is 5.60 Å². The van der Waals surface area contributed by atoms with Gasteiger partial charge >= 0.3 is 0 Å². The van der Waals surface area contributed by atoms with Crippen LogP contribution in [0.5, 0.6) is 0 Å². The molecule has 2 aliphatic rings. The van der Waals surface area contributed by atoms with E-state index in [0.717, 1.165) is 50.5 Å². The highest BCUT2D eigenvalue weighted by Crippen LogP contribution is 2.48. The lowest BCUT2D eigenvalue weighted by Gasteiger charge is -2.29. The first-order valence-corrected chi connectivity index (χ1v) is 7.15. The van der Waals surface area contributed by atoms with Gasteiger partial charge in [-0.15, -0.1) is 0 Å². The molecular formula is C16H21FO. The van der Waals surface area contributed by atoms with Crippen molar-refractivity contribution in [1.82, 2.24) is 0 Å². The first kappa shape index (κ1) is 12.2. The summed E-state index contributed by atoms with van der Waals surface area (Å²) in [4.78, 5) is 0. The zero-order chi connectivity index (χ0) is 12.6. The van der Waals surface area contributed by atoms with Crippen molar-refractivity contribution in [2.24, 2.45) is 5.92 Å². The highest BCUT2D eigenvalue weighted by Gasteiger charge is 2.43. The van der Waals surface area contributed by atoms with Gasteiger partial charge in [-0.2, -0.15) is 0 Å². The van der Waals surface area contributed by atoms with Crippen LogP contribution in [0, 0.1) is 11.7 Å². The van der Waals surface area contributed by atoms with E-state index in [4.69, 9.17) is 0 Å². The van der Waals surface area contributed by atoms with Gasteiger partial charge in [-0.1, -0.05) is 25.0 Å². The van der Waals surface area contributed by atoms with E-state index < -0.39 is 5.60 Å². The van der Waals surface area contributed by atoms with Gasteiger partial charge in [-0.25, -0.2) is 4.39 Å². The second-order valence-corrected chi connectivity index (χ2v) is 6.07. The van der Waals surface area contributed by atoms with Crippen LogP contribution in [0.25, 0.3) is 0 Å². The van der Waals surface area contributed by atoms with Crippen molar-refractivity contribution in [3.05, 3.63) is 35.6 Å². The first-order chi connectivity index (χ1) is 8.67. The van der Waals surface area contributed by atoms with E-state index in [1.807, 2.05) is 6.07 Å². The summed E-state index contributed by atoms with van der Waals surface area (Å²) in [6.45, 7) is 0. The second kappa shape index (κ2) is 4.65.